The lowest BCUT2D eigenvalue weighted by Gasteiger charge is -2.31. The Morgan fingerprint density at radius 3 is 2.44 bits per heavy atom. The molecule has 1 atom stereocenters. The van der Waals surface area contributed by atoms with Crippen molar-refractivity contribution in [3.63, 3.8) is 0 Å². The van der Waals surface area contributed by atoms with Crippen molar-refractivity contribution in [2.24, 2.45) is 5.92 Å². The second-order valence-corrected chi connectivity index (χ2v) is 10.0. The van der Waals surface area contributed by atoms with E-state index in [1.165, 1.54) is 4.31 Å². The maximum Gasteiger partial charge on any atom is 0.246 e. The second-order valence-electron chi connectivity index (χ2n) is 8.11. The summed E-state index contributed by atoms with van der Waals surface area (Å²) in [5, 5.41) is 6.77. The Kier molecular flexibility index (Phi) is 6.38. The van der Waals surface area contributed by atoms with Gasteiger partial charge in [0.15, 0.2) is 0 Å². The molecule has 168 valence electrons. The molecule has 1 aliphatic heterocycles. The van der Waals surface area contributed by atoms with Gasteiger partial charge < -0.3 is 9.84 Å². The van der Waals surface area contributed by atoms with E-state index in [1.807, 2.05) is 38.1 Å². The fraction of sp³-hybridized carbons (Fsp3) is 0.348. The van der Waals surface area contributed by atoms with Crippen LogP contribution in [0.1, 0.15) is 29.9 Å². The van der Waals surface area contributed by atoms with Crippen LogP contribution in [0.2, 0.25) is 0 Å². The Morgan fingerprint density at radius 1 is 1.09 bits per heavy atom. The third-order valence-electron chi connectivity index (χ3n) is 5.61. The topological polar surface area (TPSA) is 105 Å². The van der Waals surface area contributed by atoms with Crippen LogP contribution in [0.5, 0.6) is 0 Å². The number of hydrogen-bond acceptors (Lipinski definition) is 6. The Morgan fingerprint density at radius 2 is 1.75 bits per heavy atom. The van der Waals surface area contributed by atoms with Crippen LogP contribution in [-0.2, 0) is 21.4 Å². The number of aromatic nitrogens is 2. The van der Waals surface area contributed by atoms with Crippen LogP contribution in [0.15, 0.2) is 57.9 Å². The van der Waals surface area contributed by atoms with E-state index in [1.54, 1.807) is 24.3 Å². The van der Waals surface area contributed by atoms with Crippen molar-refractivity contribution in [2.45, 2.75) is 38.1 Å². The zero-order valence-electron chi connectivity index (χ0n) is 18.1. The van der Waals surface area contributed by atoms with Gasteiger partial charge in [-0.3, -0.25) is 4.79 Å². The van der Waals surface area contributed by atoms with E-state index < -0.39 is 15.9 Å². The monoisotopic (exact) mass is 454 g/mol. The Balaban J connectivity index is 1.36. The van der Waals surface area contributed by atoms with E-state index in [9.17, 15) is 13.2 Å². The number of sulfonamides is 1. The van der Waals surface area contributed by atoms with Gasteiger partial charge in [0.2, 0.25) is 27.6 Å². The number of amides is 1. The number of benzene rings is 2. The van der Waals surface area contributed by atoms with E-state index in [4.69, 9.17) is 4.52 Å². The lowest BCUT2D eigenvalue weighted by molar-refractivity contribution is -0.126. The van der Waals surface area contributed by atoms with Crippen molar-refractivity contribution in [3.05, 3.63) is 65.5 Å². The maximum atomic E-state index is 13.0. The van der Waals surface area contributed by atoms with Crippen LogP contribution in [-0.4, -0.2) is 41.9 Å². The normalized spacial score (nSPS) is 17.2. The van der Waals surface area contributed by atoms with Crippen LogP contribution in [0.3, 0.4) is 0 Å². The summed E-state index contributed by atoms with van der Waals surface area (Å²) in [7, 11) is -3.63. The molecule has 0 aliphatic carbocycles. The highest BCUT2D eigenvalue weighted by Crippen LogP contribution is 2.24. The molecule has 2 heterocycles. The highest BCUT2D eigenvalue weighted by molar-refractivity contribution is 7.89. The first-order valence-corrected chi connectivity index (χ1v) is 12.0. The number of carbonyl (C=O) groups is 1. The first kappa shape index (κ1) is 22.2. The summed E-state index contributed by atoms with van der Waals surface area (Å²) in [4.78, 5) is 17.3. The average Bonchev–Trinajstić information content (AvgIpc) is 3.27. The minimum atomic E-state index is -3.63. The van der Waals surface area contributed by atoms with Gasteiger partial charge in [-0.1, -0.05) is 52.7 Å². The Hall–Kier alpha value is -3.04. The number of hydrogen-bond donors (Lipinski definition) is 1. The molecule has 8 nitrogen and oxygen atoms in total. The quantitative estimate of drug-likeness (QED) is 0.614. The smallest absolute Gasteiger partial charge is 0.246 e. The third kappa shape index (κ3) is 4.89. The molecule has 0 bridgehead atoms. The van der Waals surface area contributed by atoms with Crippen LogP contribution in [0, 0.1) is 19.8 Å². The lowest BCUT2D eigenvalue weighted by atomic mass is 9.99. The van der Waals surface area contributed by atoms with Crippen LogP contribution < -0.4 is 5.32 Å². The summed E-state index contributed by atoms with van der Waals surface area (Å²) in [5.41, 5.74) is 2.96. The van der Waals surface area contributed by atoms with Gasteiger partial charge in [0.1, 0.15) is 0 Å². The predicted molar refractivity (Wildman–Crippen MR) is 119 cm³/mol. The van der Waals surface area contributed by atoms with Gasteiger partial charge in [-0.25, -0.2) is 8.42 Å². The molecule has 1 aromatic heterocycles. The SMILES string of the molecule is Cc1ccc(-c2noc(CNC(=O)[C@@H]3CCCN(S(=O)(=O)c4ccc(C)cc4)C3)n2)cc1. The molecule has 0 unspecified atom stereocenters. The van der Waals surface area contributed by atoms with E-state index in [0.717, 1.165) is 16.7 Å². The number of nitrogens with one attached hydrogen (secondary N) is 1. The van der Waals surface area contributed by atoms with Gasteiger partial charge in [0, 0.05) is 18.7 Å². The zero-order valence-corrected chi connectivity index (χ0v) is 18.9. The van der Waals surface area contributed by atoms with Crippen molar-refractivity contribution in [3.8, 4) is 11.4 Å². The van der Waals surface area contributed by atoms with Gasteiger partial charge in [-0.05, 0) is 38.8 Å². The lowest BCUT2D eigenvalue weighted by Crippen LogP contribution is -2.45. The molecule has 1 N–H and O–H groups in total. The summed E-state index contributed by atoms with van der Waals surface area (Å²) in [6, 6.07) is 14.5. The number of nitrogens with zero attached hydrogens (tertiary/aromatic N) is 3. The molecule has 1 aliphatic rings. The van der Waals surface area contributed by atoms with Gasteiger partial charge in [-0.15, -0.1) is 0 Å². The number of aryl methyl sites for hydroxylation is 2. The van der Waals surface area contributed by atoms with Crippen molar-refractivity contribution < 1.29 is 17.7 Å². The highest BCUT2D eigenvalue weighted by atomic mass is 32.2. The number of carbonyl (C=O) groups excluding carboxylic acids is 1. The second kappa shape index (κ2) is 9.22. The van der Waals surface area contributed by atoms with Crippen molar-refractivity contribution in [1.29, 1.82) is 0 Å². The molecule has 2 aromatic carbocycles. The predicted octanol–water partition coefficient (Wildman–Crippen LogP) is 3.07. The summed E-state index contributed by atoms with van der Waals surface area (Å²) >= 11 is 0. The minimum Gasteiger partial charge on any atom is -0.347 e. The molecule has 4 rings (SSSR count). The molecule has 1 amide bonds. The summed E-state index contributed by atoms with van der Waals surface area (Å²) in [5.74, 6) is 0.114. The Labute approximate surface area is 187 Å². The third-order valence-corrected chi connectivity index (χ3v) is 7.48. The van der Waals surface area contributed by atoms with Crippen LogP contribution in [0.4, 0.5) is 0 Å². The van der Waals surface area contributed by atoms with Gasteiger partial charge in [-0.2, -0.15) is 9.29 Å². The van der Waals surface area contributed by atoms with Crippen molar-refractivity contribution >= 4 is 15.9 Å². The van der Waals surface area contributed by atoms with E-state index in [0.29, 0.717) is 31.1 Å². The molecule has 1 fully saturated rings. The maximum absolute atomic E-state index is 13.0. The molecule has 0 spiro atoms. The van der Waals surface area contributed by atoms with E-state index in [-0.39, 0.29) is 23.9 Å². The molecular formula is C23H26N4O4S. The van der Waals surface area contributed by atoms with Crippen molar-refractivity contribution in [1.82, 2.24) is 19.8 Å². The first-order valence-electron chi connectivity index (χ1n) is 10.6. The van der Waals surface area contributed by atoms with Gasteiger partial charge in [0.25, 0.3) is 0 Å². The van der Waals surface area contributed by atoms with Gasteiger partial charge in [0.05, 0.1) is 17.4 Å². The minimum absolute atomic E-state index is 0.0961. The molecule has 1 saturated heterocycles. The number of piperidine rings is 1. The van der Waals surface area contributed by atoms with Crippen LogP contribution in [0.25, 0.3) is 11.4 Å². The molecule has 0 radical (unpaired) electrons. The van der Waals surface area contributed by atoms with E-state index in [2.05, 4.69) is 15.5 Å². The first-order chi connectivity index (χ1) is 15.3. The fourth-order valence-corrected chi connectivity index (χ4v) is 5.21. The Bertz CT molecular complexity index is 1190. The molecule has 32 heavy (non-hydrogen) atoms. The van der Waals surface area contributed by atoms with Crippen LogP contribution >= 0.6 is 0 Å². The molecule has 9 heteroatoms. The molecule has 0 saturated carbocycles. The average molecular weight is 455 g/mol. The standard InChI is InChI=1S/C23H26N4O4S/c1-16-5-9-18(10-6-16)22-25-21(31-26-22)14-24-23(28)19-4-3-13-27(15-19)32(29,30)20-11-7-17(2)8-12-20/h5-12,19H,3-4,13-15H2,1-2H3,(H,24,28)/t19-/m1/s1. The molecular weight excluding hydrogens is 428 g/mol. The van der Waals surface area contributed by atoms with Gasteiger partial charge >= 0.3 is 0 Å². The highest BCUT2D eigenvalue weighted by Gasteiger charge is 2.33. The summed E-state index contributed by atoms with van der Waals surface area (Å²) in [6.45, 7) is 4.56. The van der Waals surface area contributed by atoms with E-state index >= 15 is 0 Å². The zero-order chi connectivity index (χ0) is 22.7. The summed E-state index contributed by atoms with van der Waals surface area (Å²) in [6.07, 6.45) is 1.26. The fourth-order valence-electron chi connectivity index (χ4n) is 3.69. The summed E-state index contributed by atoms with van der Waals surface area (Å²) < 4.78 is 32.6. The largest absolute Gasteiger partial charge is 0.347 e. The number of rotatable bonds is 6. The molecule has 3 aromatic rings. The van der Waals surface area contributed by atoms with Crippen molar-refractivity contribution in [2.75, 3.05) is 13.1 Å².